The van der Waals surface area contributed by atoms with Crippen LogP contribution in [0.5, 0.6) is 0 Å². The van der Waals surface area contributed by atoms with E-state index in [-0.39, 0.29) is 0 Å². The maximum Gasteiger partial charge on any atom is 0.103 e. The zero-order valence-corrected chi connectivity index (χ0v) is 7.93. The van der Waals surface area contributed by atoms with Gasteiger partial charge in [-0.15, -0.1) is 12.3 Å². The second-order valence-electron chi connectivity index (χ2n) is 2.98. The molecule has 1 aromatic heterocycles. The molecule has 1 rings (SSSR count). The molecule has 1 heterocycles. The van der Waals surface area contributed by atoms with Gasteiger partial charge < -0.3 is 10.3 Å². The van der Waals surface area contributed by atoms with Gasteiger partial charge >= 0.3 is 0 Å². The van der Waals surface area contributed by atoms with Gasteiger partial charge in [0.25, 0.3) is 0 Å². The van der Waals surface area contributed by atoms with E-state index in [1.807, 2.05) is 13.1 Å². The van der Waals surface area contributed by atoms with Gasteiger partial charge in [-0.1, -0.05) is 0 Å². The highest BCUT2D eigenvalue weighted by Crippen LogP contribution is 1.94. The minimum absolute atomic E-state index is 0.839. The summed E-state index contributed by atoms with van der Waals surface area (Å²) in [5.41, 5.74) is 1.12. The lowest BCUT2D eigenvalue weighted by atomic mass is 10.3. The molecule has 3 heteroatoms. The maximum absolute atomic E-state index is 5.13. The minimum atomic E-state index is 0.839. The number of nitrogens with one attached hydrogen (secondary N) is 2. The van der Waals surface area contributed by atoms with Gasteiger partial charge in [-0.05, 0) is 19.9 Å². The lowest BCUT2D eigenvalue weighted by molar-refractivity contribution is 0.651. The van der Waals surface area contributed by atoms with E-state index in [4.69, 9.17) is 6.42 Å². The van der Waals surface area contributed by atoms with Crippen LogP contribution < -0.4 is 5.32 Å². The van der Waals surface area contributed by atoms with Gasteiger partial charge in [-0.25, -0.2) is 4.98 Å². The molecule has 0 atom stereocenters. The third-order valence-corrected chi connectivity index (χ3v) is 1.75. The van der Waals surface area contributed by atoms with E-state index in [0.717, 1.165) is 37.4 Å². The quantitative estimate of drug-likeness (QED) is 0.524. The molecule has 0 bridgehead atoms. The Morgan fingerprint density at radius 2 is 2.54 bits per heavy atom. The average Bonchev–Trinajstić information content (AvgIpc) is 2.51. The van der Waals surface area contributed by atoms with Crippen LogP contribution in [0.2, 0.25) is 0 Å². The van der Waals surface area contributed by atoms with Crippen LogP contribution in [0.15, 0.2) is 6.20 Å². The first-order valence-corrected chi connectivity index (χ1v) is 4.47. The molecule has 0 saturated heterocycles. The summed E-state index contributed by atoms with van der Waals surface area (Å²) in [4.78, 5) is 7.26. The molecule has 0 aliphatic rings. The maximum atomic E-state index is 5.13. The molecule has 0 radical (unpaired) electrons. The fourth-order valence-corrected chi connectivity index (χ4v) is 1.10. The number of hydrogen-bond acceptors (Lipinski definition) is 2. The van der Waals surface area contributed by atoms with Crippen LogP contribution in [0, 0.1) is 19.3 Å². The topological polar surface area (TPSA) is 40.7 Å². The van der Waals surface area contributed by atoms with Crippen LogP contribution >= 0.6 is 0 Å². The highest BCUT2D eigenvalue weighted by atomic mass is 14.9. The normalized spacial score (nSPS) is 9.85. The molecule has 0 aromatic carbocycles. The van der Waals surface area contributed by atoms with Crippen LogP contribution in [-0.2, 0) is 6.54 Å². The number of aromatic nitrogens is 2. The number of unbranched alkanes of at least 4 members (excludes halogenated alkanes) is 1. The molecular formula is C10H15N3. The van der Waals surface area contributed by atoms with Gasteiger partial charge in [0.15, 0.2) is 0 Å². The summed E-state index contributed by atoms with van der Waals surface area (Å²) in [5, 5.41) is 3.28. The Balaban J connectivity index is 2.10. The monoisotopic (exact) mass is 177 g/mol. The second-order valence-corrected chi connectivity index (χ2v) is 2.98. The molecule has 0 aliphatic carbocycles. The van der Waals surface area contributed by atoms with E-state index >= 15 is 0 Å². The Morgan fingerprint density at radius 1 is 1.69 bits per heavy atom. The zero-order valence-electron chi connectivity index (χ0n) is 7.93. The van der Waals surface area contributed by atoms with Crippen molar-refractivity contribution in [2.45, 2.75) is 26.3 Å². The third kappa shape index (κ3) is 3.77. The molecule has 13 heavy (non-hydrogen) atoms. The number of aromatic amines is 1. The smallest absolute Gasteiger partial charge is 0.103 e. The van der Waals surface area contributed by atoms with E-state index in [0.29, 0.717) is 0 Å². The lowest BCUT2D eigenvalue weighted by Crippen LogP contribution is -2.14. The van der Waals surface area contributed by atoms with Crippen molar-refractivity contribution in [2.24, 2.45) is 0 Å². The summed E-state index contributed by atoms with van der Waals surface area (Å²) < 4.78 is 0. The van der Waals surface area contributed by atoms with Crippen molar-refractivity contribution in [3.63, 3.8) is 0 Å². The minimum Gasteiger partial charge on any atom is -0.345 e. The zero-order chi connectivity index (χ0) is 9.52. The molecular weight excluding hydrogens is 162 g/mol. The number of terminal acetylenes is 1. The lowest BCUT2D eigenvalue weighted by Gasteiger charge is -1.99. The van der Waals surface area contributed by atoms with Crippen molar-refractivity contribution in [2.75, 3.05) is 6.54 Å². The fourth-order valence-electron chi connectivity index (χ4n) is 1.10. The van der Waals surface area contributed by atoms with Crippen molar-refractivity contribution < 1.29 is 0 Å². The third-order valence-electron chi connectivity index (χ3n) is 1.75. The van der Waals surface area contributed by atoms with E-state index in [1.165, 1.54) is 0 Å². The number of H-pyrrole nitrogens is 1. The van der Waals surface area contributed by atoms with Crippen molar-refractivity contribution >= 4 is 0 Å². The summed E-state index contributed by atoms with van der Waals surface area (Å²) in [6, 6.07) is 0. The van der Waals surface area contributed by atoms with Crippen molar-refractivity contribution in [1.29, 1.82) is 0 Å². The predicted molar refractivity (Wildman–Crippen MR) is 53.1 cm³/mol. The van der Waals surface area contributed by atoms with Gasteiger partial charge in [0, 0.05) is 24.9 Å². The Bertz CT molecular complexity index is 283. The van der Waals surface area contributed by atoms with Crippen molar-refractivity contribution in [1.82, 2.24) is 15.3 Å². The largest absolute Gasteiger partial charge is 0.345 e. The number of rotatable bonds is 5. The van der Waals surface area contributed by atoms with Gasteiger partial charge in [0.2, 0.25) is 0 Å². The molecule has 70 valence electrons. The Kier molecular flexibility index (Phi) is 4.07. The van der Waals surface area contributed by atoms with Crippen molar-refractivity contribution in [3.8, 4) is 12.3 Å². The Labute approximate surface area is 79.0 Å². The van der Waals surface area contributed by atoms with E-state index < -0.39 is 0 Å². The molecule has 3 nitrogen and oxygen atoms in total. The van der Waals surface area contributed by atoms with Crippen LogP contribution in [0.3, 0.4) is 0 Å². The number of nitrogens with zero attached hydrogens (tertiary/aromatic N) is 1. The van der Waals surface area contributed by atoms with Gasteiger partial charge in [-0.3, -0.25) is 0 Å². The van der Waals surface area contributed by atoms with E-state index in [9.17, 15) is 0 Å². The fraction of sp³-hybridized carbons (Fsp3) is 0.500. The summed E-state index contributed by atoms with van der Waals surface area (Å²) in [6.07, 6.45) is 8.86. The highest BCUT2D eigenvalue weighted by molar-refractivity contribution is 4.99. The molecule has 1 aromatic rings. The van der Waals surface area contributed by atoms with Crippen LogP contribution in [0.25, 0.3) is 0 Å². The SMILES string of the molecule is C#CCCCNCc1cnc(C)[nH]1. The molecule has 0 saturated carbocycles. The van der Waals surface area contributed by atoms with E-state index in [2.05, 4.69) is 21.2 Å². The first kappa shape index (κ1) is 9.82. The summed E-state index contributed by atoms with van der Waals surface area (Å²) in [6.45, 7) is 3.75. The molecule has 0 amide bonds. The van der Waals surface area contributed by atoms with Crippen LogP contribution in [-0.4, -0.2) is 16.5 Å². The van der Waals surface area contributed by atoms with Crippen molar-refractivity contribution in [3.05, 3.63) is 17.7 Å². The van der Waals surface area contributed by atoms with Gasteiger partial charge in [0.1, 0.15) is 5.82 Å². The first-order valence-electron chi connectivity index (χ1n) is 4.47. The summed E-state index contributed by atoms with van der Waals surface area (Å²) >= 11 is 0. The second kappa shape index (κ2) is 5.39. The summed E-state index contributed by atoms with van der Waals surface area (Å²) in [7, 11) is 0. The number of imidazole rings is 1. The average molecular weight is 177 g/mol. The number of hydrogen-bond donors (Lipinski definition) is 2. The van der Waals surface area contributed by atoms with Crippen LogP contribution in [0.4, 0.5) is 0 Å². The van der Waals surface area contributed by atoms with Crippen LogP contribution in [0.1, 0.15) is 24.4 Å². The molecule has 2 N–H and O–H groups in total. The highest BCUT2D eigenvalue weighted by Gasteiger charge is 1.94. The van der Waals surface area contributed by atoms with Gasteiger partial charge in [-0.2, -0.15) is 0 Å². The number of aryl methyl sites for hydroxylation is 1. The van der Waals surface area contributed by atoms with Gasteiger partial charge in [0.05, 0.1) is 0 Å². The Morgan fingerprint density at radius 3 is 3.15 bits per heavy atom. The first-order chi connectivity index (χ1) is 6.33. The molecule has 0 aliphatic heterocycles. The molecule has 0 fully saturated rings. The standard InChI is InChI=1S/C10H15N3/c1-3-4-5-6-11-7-10-8-12-9(2)13-10/h1,8,11H,4-7H2,2H3,(H,12,13). The predicted octanol–water partition coefficient (Wildman–Crippen LogP) is 1.22. The molecule has 0 unspecified atom stereocenters. The summed E-state index contributed by atoms with van der Waals surface area (Å²) in [5.74, 6) is 3.57. The Hall–Kier alpha value is -1.27. The molecule has 0 spiro atoms. The van der Waals surface area contributed by atoms with E-state index in [1.54, 1.807) is 0 Å².